The van der Waals surface area contributed by atoms with Gasteiger partial charge < -0.3 is 4.74 Å². The maximum absolute atomic E-state index is 12.2. The molecule has 1 aliphatic heterocycles. The van der Waals surface area contributed by atoms with Crippen LogP contribution in [0.1, 0.15) is 25.3 Å². The fourth-order valence-electron chi connectivity index (χ4n) is 2.06. The van der Waals surface area contributed by atoms with E-state index in [2.05, 4.69) is 20.7 Å². The third kappa shape index (κ3) is 3.78. The molecule has 1 aromatic carbocycles. The van der Waals surface area contributed by atoms with Crippen molar-refractivity contribution in [2.24, 2.45) is 0 Å². The molecule has 1 saturated heterocycles. The normalized spacial score (nSPS) is 23.7. The smallest absolute Gasteiger partial charge is 0.240 e. The molecule has 6 heteroatoms. The van der Waals surface area contributed by atoms with Gasteiger partial charge in [0.15, 0.2) is 0 Å². The highest BCUT2D eigenvalue weighted by atomic mass is 79.9. The summed E-state index contributed by atoms with van der Waals surface area (Å²) in [5.74, 6) is 0. The Hall–Kier alpha value is -0.430. The van der Waals surface area contributed by atoms with Gasteiger partial charge in [-0.25, -0.2) is 13.1 Å². The van der Waals surface area contributed by atoms with Gasteiger partial charge in [0.05, 0.1) is 10.5 Å². The minimum Gasteiger partial charge on any atom is -0.374 e. The molecule has 0 bridgehead atoms. The SMILES string of the molecule is CC1(CNS(=O)(=O)c2ccc(CBr)cc2)CCCO1. The summed E-state index contributed by atoms with van der Waals surface area (Å²) in [7, 11) is -3.46. The van der Waals surface area contributed by atoms with Gasteiger partial charge in [-0.2, -0.15) is 0 Å². The lowest BCUT2D eigenvalue weighted by Crippen LogP contribution is -2.40. The second kappa shape index (κ2) is 5.91. The van der Waals surface area contributed by atoms with Crippen LogP contribution in [0.2, 0.25) is 0 Å². The predicted molar refractivity (Wildman–Crippen MR) is 77.9 cm³/mol. The Morgan fingerprint density at radius 2 is 2.05 bits per heavy atom. The Labute approximate surface area is 122 Å². The van der Waals surface area contributed by atoms with E-state index in [1.807, 2.05) is 6.92 Å². The van der Waals surface area contributed by atoms with Crippen molar-refractivity contribution in [3.05, 3.63) is 29.8 Å². The molecule has 1 atom stereocenters. The van der Waals surface area contributed by atoms with Crippen LogP contribution in [0.25, 0.3) is 0 Å². The van der Waals surface area contributed by atoms with Crippen molar-refractivity contribution in [1.82, 2.24) is 4.72 Å². The van der Waals surface area contributed by atoms with Crippen LogP contribution in [-0.4, -0.2) is 27.2 Å². The van der Waals surface area contributed by atoms with E-state index in [1.54, 1.807) is 24.3 Å². The summed E-state index contributed by atoms with van der Waals surface area (Å²) in [4.78, 5) is 0.291. The topological polar surface area (TPSA) is 55.4 Å². The van der Waals surface area contributed by atoms with Gasteiger partial charge in [0.25, 0.3) is 0 Å². The summed E-state index contributed by atoms with van der Waals surface area (Å²) in [5, 5.41) is 0.715. The van der Waals surface area contributed by atoms with E-state index in [4.69, 9.17) is 4.74 Å². The molecule has 0 radical (unpaired) electrons. The van der Waals surface area contributed by atoms with Gasteiger partial charge in [-0.1, -0.05) is 28.1 Å². The molecule has 0 amide bonds. The van der Waals surface area contributed by atoms with Crippen molar-refractivity contribution in [3.8, 4) is 0 Å². The Bertz CT molecular complexity index is 521. The summed E-state index contributed by atoms with van der Waals surface area (Å²) < 4.78 is 32.5. The molecular weight excluding hydrogens is 330 g/mol. The maximum Gasteiger partial charge on any atom is 0.240 e. The fraction of sp³-hybridized carbons (Fsp3) is 0.538. The molecule has 0 aromatic heterocycles. The summed E-state index contributed by atoms with van der Waals surface area (Å²) in [6.45, 7) is 2.96. The van der Waals surface area contributed by atoms with Crippen molar-refractivity contribution < 1.29 is 13.2 Å². The van der Waals surface area contributed by atoms with Crippen LogP contribution in [0, 0.1) is 0 Å². The monoisotopic (exact) mass is 347 g/mol. The Morgan fingerprint density at radius 1 is 1.37 bits per heavy atom. The summed E-state index contributed by atoms with van der Waals surface area (Å²) in [6.07, 6.45) is 1.87. The van der Waals surface area contributed by atoms with E-state index < -0.39 is 10.0 Å². The van der Waals surface area contributed by atoms with Crippen LogP contribution >= 0.6 is 15.9 Å². The first kappa shape index (κ1) is 15.0. The van der Waals surface area contributed by atoms with Crippen LogP contribution in [0.5, 0.6) is 0 Å². The maximum atomic E-state index is 12.2. The standard InChI is InChI=1S/C13H18BrNO3S/c1-13(7-2-8-18-13)10-15-19(16,17)12-5-3-11(9-14)4-6-12/h3-6,15H,2,7-10H2,1H3. The number of ether oxygens (including phenoxy) is 1. The number of hydrogen-bond donors (Lipinski definition) is 1. The zero-order chi connectivity index (χ0) is 13.9. The number of alkyl halides is 1. The van der Waals surface area contributed by atoms with Crippen molar-refractivity contribution in [2.75, 3.05) is 13.2 Å². The van der Waals surface area contributed by atoms with Gasteiger partial charge in [-0.3, -0.25) is 0 Å². The number of hydrogen-bond acceptors (Lipinski definition) is 3. The molecule has 1 unspecified atom stereocenters. The third-order valence-electron chi connectivity index (χ3n) is 3.32. The van der Waals surface area contributed by atoms with E-state index >= 15 is 0 Å². The lowest BCUT2D eigenvalue weighted by atomic mass is 10.0. The van der Waals surface area contributed by atoms with Crippen molar-refractivity contribution >= 4 is 26.0 Å². The molecule has 1 fully saturated rings. The largest absolute Gasteiger partial charge is 0.374 e. The highest BCUT2D eigenvalue weighted by Gasteiger charge is 2.31. The van der Waals surface area contributed by atoms with Crippen LogP contribution in [0.3, 0.4) is 0 Å². The van der Waals surface area contributed by atoms with Crippen molar-refractivity contribution in [1.29, 1.82) is 0 Å². The van der Waals surface area contributed by atoms with E-state index in [1.165, 1.54) is 0 Å². The van der Waals surface area contributed by atoms with Gasteiger partial charge in [0.2, 0.25) is 10.0 Å². The van der Waals surface area contributed by atoms with Gasteiger partial charge in [0.1, 0.15) is 0 Å². The third-order valence-corrected chi connectivity index (χ3v) is 5.39. The molecule has 1 aromatic rings. The molecule has 0 aliphatic carbocycles. The zero-order valence-corrected chi connectivity index (χ0v) is 13.3. The van der Waals surface area contributed by atoms with Crippen molar-refractivity contribution in [2.45, 2.75) is 35.6 Å². The molecule has 2 rings (SSSR count). The lowest BCUT2D eigenvalue weighted by molar-refractivity contribution is 0.0250. The van der Waals surface area contributed by atoms with Crippen LogP contribution in [0.15, 0.2) is 29.2 Å². The van der Waals surface area contributed by atoms with Gasteiger partial charge in [-0.15, -0.1) is 0 Å². The van der Waals surface area contributed by atoms with Crippen LogP contribution in [0.4, 0.5) is 0 Å². The fourth-order valence-corrected chi connectivity index (χ4v) is 3.60. The molecule has 1 aliphatic rings. The second-order valence-corrected chi connectivity index (χ2v) is 7.33. The molecule has 1 heterocycles. The van der Waals surface area contributed by atoms with Gasteiger partial charge in [0, 0.05) is 18.5 Å². The average Bonchev–Trinajstić information content (AvgIpc) is 2.84. The molecule has 19 heavy (non-hydrogen) atoms. The lowest BCUT2D eigenvalue weighted by Gasteiger charge is -2.23. The zero-order valence-electron chi connectivity index (χ0n) is 10.9. The average molecular weight is 348 g/mol. The molecule has 106 valence electrons. The molecule has 0 spiro atoms. The van der Waals surface area contributed by atoms with Crippen LogP contribution < -0.4 is 4.72 Å². The van der Waals surface area contributed by atoms with Gasteiger partial charge >= 0.3 is 0 Å². The van der Waals surface area contributed by atoms with E-state index in [-0.39, 0.29) is 5.60 Å². The number of rotatable bonds is 5. The van der Waals surface area contributed by atoms with Gasteiger partial charge in [-0.05, 0) is 37.5 Å². The van der Waals surface area contributed by atoms with E-state index in [0.29, 0.717) is 23.4 Å². The van der Waals surface area contributed by atoms with E-state index in [9.17, 15) is 8.42 Å². The number of benzene rings is 1. The van der Waals surface area contributed by atoms with Crippen molar-refractivity contribution in [3.63, 3.8) is 0 Å². The Morgan fingerprint density at radius 3 is 2.58 bits per heavy atom. The minimum atomic E-state index is -3.46. The highest BCUT2D eigenvalue weighted by molar-refractivity contribution is 9.08. The first-order chi connectivity index (χ1) is 8.95. The molecule has 4 nitrogen and oxygen atoms in total. The number of halogens is 1. The molecule has 0 saturated carbocycles. The number of sulfonamides is 1. The molecular formula is C13H18BrNO3S. The Balaban J connectivity index is 2.05. The first-order valence-electron chi connectivity index (χ1n) is 6.24. The summed E-state index contributed by atoms with van der Waals surface area (Å²) >= 11 is 3.33. The molecule has 1 N–H and O–H groups in total. The summed E-state index contributed by atoms with van der Waals surface area (Å²) in [6, 6.07) is 6.85. The quantitative estimate of drug-likeness (QED) is 0.832. The first-order valence-corrected chi connectivity index (χ1v) is 8.84. The Kier molecular flexibility index (Phi) is 4.66. The minimum absolute atomic E-state index is 0.291. The highest BCUT2D eigenvalue weighted by Crippen LogP contribution is 2.24. The van der Waals surface area contributed by atoms with Crippen LogP contribution in [-0.2, 0) is 20.1 Å². The second-order valence-electron chi connectivity index (χ2n) is 5.00. The summed E-state index contributed by atoms with van der Waals surface area (Å²) in [5.41, 5.74) is 0.674. The number of nitrogens with one attached hydrogen (secondary N) is 1. The van der Waals surface area contributed by atoms with E-state index in [0.717, 1.165) is 18.4 Å². The predicted octanol–water partition coefficient (Wildman–Crippen LogP) is 2.43.